The molecule has 0 bridgehead atoms. The van der Waals surface area contributed by atoms with E-state index in [1.807, 2.05) is 44.2 Å². The largest absolute Gasteiger partial charge is 0.447 e. The Kier molecular flexibility index (Phi) is 5.83. The minimum absolute atomic E-state index is 0.163. The Hall–Kier alpha value is -1.96. The van der Waals surface area contributed by atoms with Crippen molar-refractivity contribution < 1.29 is 28.9 Å². The number of imide groups is 1. The van der Waals surface area contributed by atoms with Gasteiger partial charge in [0.15, 0.2) is 5.79 Å². The molecule has 2 aliphatic heterocycles. The second-order valence-corrected chi connectivity index (χ2v) is 7.67. The number of aliphatic hydroxyl groups is 1. The highest BCUT2D eigenvalue weighted by Crippen LogP contribution is 2.27. The highest BCUT2D eigenvalue weighted by atomic mass is 16.7. The van der Waals surface area contributed by atoms with Crippen molar-refractivity contribution >= 4 is 12.0 Å². The molecule has 148 valence electrons. The summed E-state index contributed by atoms with van der Waals surface area (Å²) in [6.07, 6.45) is -1.08. The lowest BCUT2D eigenvalue weighted by Gasteiger charge is -2.26. The van der Waals surface area contributed by atoms with E-state index in [-0.39, 0.29) is 25.2 Å². The molecule has 0 radical (unpaired) electrons. The molecule has 4 atom stereocenters. The number of hydrogen-bond donors (Lipinski definition) is 1. The normalized spacial score (nSPS) is 26.7. The van der Waals surface area contributed by atoms with Gasteiger partial charge in [-0.3, -0.25) is 4.79 Å². The predicted molar refractivity (Wildman–Crippen MR) is 96.8 cm³/mol. The van der Waals surface area contributed by atoms with Crippen molar-refractivity contribution in [3.63, 3.8) is 0 Å². The van der Waals surface area contributed by atoms with Crippen LogP contribution in [0.4, 0.5) is 4.79 Å². The summed E-state index contributed by atoms with van der Waals surface area (Å²) in [5, 5.41) is 10.5. The Morgan fingerprint density at radius 3 is 2.63 bits per heavy atom. The number of nitrogens with zero attached hydrogens (tertiary/aromatic N) is 1. The van der Waals surface area contributed by atoms with Gasteiger partial charge in [0.25, 0.3) is 0 Å². The van der Waals surface area contributed by atoms with Crippen LogP contribution in [0.25, 0.3) is 0 Å². The molecule has 1 aromatic rings. The fourth-order valence-electron chi connectivity index (χ4n) is 3.50. The van der Waals surface area contributed by atoms with E-state index in [2.05, 4.69) is 0 Å². The summed E-state index contributed by atoms with van der Waals surface area (Å²) in [5.74, 6) is -1.86. The van der Waals surface area contributed by atoms with E-state index in [4.69, 9.17) is 14.2 Å². The zero-order chi connectivity index (χ0) is 19.6. The molecule has 2 aliphatic rings. The lowest BCUT2D eigenvalue weighted by Crippen LogP contribution is -2.46. The Balaban J connectivity index is 1.62. The average Bonchev–Trinajstić information content (AvgIpc) is 3.16. The molecule has 2 heterocycles. The van der Waals surface area contributed by atoms with E-state index in [0.29, 0.717) is 13.0 Å². The van der Waals surface area contributed by atoms with Gasteiger partial charge in [-0.25, -0.2) is 9.69 Å². The van der Waals surface area contributed by atoms with E-state index in [1.165, 1.54) is 0 Å². The average molecular weight is 377 g/mol. The molecule has 0 saturated carbocycles. The van der Waals surface area contributed by atoms with E-state index in [1.54, 1.807) is 6.92 Å². The van der Waals surface area contributed by atoms with Crippen LogP contribution in [0.15, 0.2) is 30.3 Å². The molecule has 0 aromatic heterocycles. The van der Waals surface area contributed by atoms with Gasteiger partial charge in [0.1, 0.15) is 6.61 Å². The molecule has 2 amide bonds. The number of amides is 2. The molecule has 0 aliphatic carbocycles. The van der Waals surface area contributed by atoms with Gasteiger partial charge in [-0.15, -0.1) is 0 Å². The fraction of sp³-hybridized carbons (Fsp3) is 0.600. The van der Waals surface area contributed by atoms with E-state index < -0.39 is 29.8 Å². The summed E-state index contributed by atoms with van der Waals surface area (Å²) in [6.45, 7) is 5.77. The van der Waals surface area contributed by atoms with Crippen LogP contribution >= 0.6 is 0 Å². The third-order valence-corrected chi connectivity index (χ3v) is 5.05. The summed E-state index contributed by atoms with van der Waals surface area (Å²) >= 11 is 0. The molecular formula is C20H27NO6. The van der Waals surface area contributed by atoms with E-state index >= 15 is 0 Å². The Labute approximate surface area is 159 Å². The van der Waals surface area contributed by atoms with Crippen LogP contribution in [0.5, 0.6) is 0 Å². The first-order chi connectivity index (χ1) is 12.8. The first-order valence-corrected chi connectivity index (χ1v) is 9.30. The van der Waals surface area contributed by atoms with Crippen molar-refractivity contribution in [2.75, 3.05) is 13.2 Å². The van der Waals surface area contributed by atoms with Crippen LogP contribution in [0.3, 0.4) is 0 Å². The van der Waals surface area contributed by atoms with Gasteiger partial charge in [-0.1, -0.05) is 37.3 Å². The van der Waals surface area contributed by atoms with Gasteiger partial charge in [-0.05, 0) is 25.8 Å². The Morgan fingerprint density at radius 1 is 1.30 bits per heavy atom. The summed E-state index contributed by atoms with van der Waals surface area (Å²) < 4.78 is 16.3. The minimum atomic E-state index is -0.939. The lowest BCUT2D eigenvalue weighted by atomic mass is 9.96. The number of cyclic esters (lactones) is 1. The maximum atomic E-state index is 12.9. The smallest absolute Gasteiger partial charge is 0.416 e. The lowest BCUT2D eigenvalue weighted by molar-refractivity contribution is -0.145. The number of hydrogen-bond acceptors (Lipinski definition) is 6. The van der Waals surface area contributed by atoms with Crippen LogP contribution in [0, 0.1) is 5.92 Å². The van der Waals surface area contributed by atoms with Gasteiger partial charge in [0, 0.05) is 6.42 Å². The van der Waals surface area contributed by atoms with Crippen molar-refractivity contribution in [2.24, 2.45) is 5.92 Å². The number of carbonyl (C=O) groups is 2. The number of ether oxygens (including phenoxy) is 3. The molecule has 0 spiro atoms. The molecule has 1 aromatic carbocycles. The number of rotatable bonds is 6. The minimum Gasteiger partial charge on any atom is -0.447 e. The van der Waals surface area contributed by atoms with E-state index in [9.17, 15) is 14.7 Å². The first-order valence-electron chi connectivity index (χ1n) is 9.30. The fourth-order valence-corrected chi connectivity index (χ4v) is 3.50. The van der Waals surface area contributed by atoms with E-state index in [0.717, 1.165) is 10.5 Å². The number of aliphatic hydroxyl groups excluding tert-OH is 1. The zero-order valence-electron chi connectivity index (χ0n) is 16.0. The Morgan fingerprint density at radius 2 is 2.00 bits per heavy atom. The molecular weight excluding hydrogens is 350 g/mol. The molecule has 3 rings (SSSR count). The third kappa shape index (κ3) is 4.66. The molecule has 1 N–H and O–H groups in total. The molecule has 7 nitrogen and oxygen atoms in total. The Bertz CT molecular complexity index is 676. The second-order valence-electron chi connectivity index (χ2n) is 7.67. The standard InChI is InChI=1S/C20H27NO6/c1-13(17(22)10-16-12-26-20(2,3)27-16)18(23)21-15(11-25-19(21)24)9-14-7-5-4-6-8-14/h4-8,13,15-17,22H,9-12H2,1-3H3/t13?,15-,16+,17?/m1/s1. The number of carbonyl (C=O) groups excluding carboxylic acids is 2. The summed E-state index contributed by atoms with van der Waals surface area (Å²) in [4.78, 5) is 26.2. The SMILES string of the molecule is CC(C(=O)N1C(=O)OC[C@H]1Cc1ccccc1)C(O)C[C@H]1COC(C)(C)O1. The van der Waals surface area contributed by atoms with Gasteiger partial charge in [-0.2, -0.15) is 0 Å². The molecule has 2 saturated heterocycles. The zero-order valence-corrected chi connectivity index (χ0v) is 16.0. The van der Waals surface area contributed by atoms with Gasteiger partial charge in [0.05, 0.1) is 30.8 Å². The van der Waals surface area contributed by atoms with Crippen LogP contribution in [-0.2, 0) is 25.4 Å². The molecule has 27 heavy (non-hydrogen) atoms. The molecule has 2 unspecified atom stereocenters. The van der Waals surface area contributed by atoms with Crippen molar-refractivity contribution in [2.45, 2.75) is 57.6 Å². The first kappa shape index (κ1) is 19.8. The predicted octanol–water partition coefficient (Wildman–Crippen LogP) is 2.12. The van der Waals surface area contributed by atoms with Crippen LogP contribution < -0.4 is 0 Å². The number of benzene rings is 1. The van der Waals surface area contributed by atoms with Crippen LogP contribution in [0.1, 0.15) is 32.8 Å². The summed E-state index contributed by atoms with van der Waals surface area (Å²) in [5.41, 5.74) is 1.02. The van der Waals surface area contributed by atoms with Crippen molar-refractivity contribution in [3.8, 4) is 0 Å². The van der Waals surface area contributed by atoms with Gasteiger partial charge < -0.3 is 19.3 Å². The second kappa shape index (κ2) is 7.96. The van der Waals surface area contributed by atoms with Crippen molar-refractivity contribution in [1.82, 2.24) is 4.90 Å². The highest BCUT2D eigenvalue weighted by molar-refractivity contribution is 5.94. The topological polar surface area (TPSA) is 85.3 Å². The summed E-state index contributed by atoms with van der Waals surface area (Å²) in [6, 6.07) is 9.27. The van der Waals surface area contributed by atoms with Crippen molar-refractivity contribution in [3.05, 3.63) is 35.9 Å². The molecule has 2 fully saturated rings. The molecule has 7 heteroatoms. The maximum absolute atomic E-state index is 12.9. The van der Waals surface area contributed by atoms with Gasteiger partial charge >= 0.3 is 6.09 Å². The van der Waals surface area contributed by atoms with Crippen LogP contribution in [0.2, 0.25) is 0 Å². The monoisotopic (exact) mass is 377 g/mol. The highest BCUT2D eigenvalue weighted by Gasteiger charge is 2.42. The maximum Gasteiger partial charge on any atom is 0.416 e. The van der Waals surface area contributed by atoms with Gasteiger partial charge in [0.2, 0.25) is 5.91 Å². The summed E-state index contributed by atoms with van der Waals surface area (Å²) in [7, 11) is 0. The third-order valence-electron chi connectivity index (χ3n) is 5.05. The quantitative estimate of drug-likeness (QED) is 0.817. The van der Waals surface area contributed by atoms with Crippen molar-refractivity contribution in [1.29, 1.82) is 0 Å². The van der Waals surface area contributed by atoms with Crippen LogP contribution in [-0.4, -0.2) is 59.3 Å².